The first-order valence-electron chi connectivity index (χ1n) is 11.3. The zero-order valence-corrected chi connectivity index (χ0v) is 20.9. The molecular formula is C27H27Cl2NO4. The van der Waals surface area contributed by atoms with Crippen molar-refractivity contribution in [2.45, 2.75) is 44.9 Å². The molecule has 4 rings (SSSR count). The van der Waals surface area contributed by atoms with Crippen LogP contribution in [0.25, 0.3) is 0 Å². The zero-order chi connectivity index (χ0) is 24.4. The molecule has 2 aliphatic rings. The van der Waals surface area contributed by atoms with Crippen molar-refractivity contribution in [2.75, 3.05) is 13.7 Å². The lowest BCUT2D eigenvalue weighted by Crippen LogP contribution is -2.36. The summed E-state index contributed by atoms with van der Waals surface area (Å²) in [6.45, 7) is 4.08. The number of nitrogens with one attached hydrogen (secondary N) is 1. The van der Waals surface area contributed by atoms with Crippen LogP contribution in [0, 0.1) is 0 Å². The molecule has 0 saturated heterocycles. The number of halogens is 2. The highest BCUT2D eigenvalue weighted by Crippen LogP contribution is 2.47. The van der Waals surface area contributed by atoms with E-state index in [1.165, 1.54) is 0 Å². The number of rotatable bonds is 6. The molecule has 0 saturated carbocycles. The number of hydrogen-bond donors (Lipinski definition) is 1. The van der Waals surface area contributed by atoms with Crippen molar-refractivity contribution in [3.63, 3.8) is 0 Å². The van der Waals surface area contributed by atoms with Gasteiger partial charge in [0.1, 0.15) is 5.75 Å². The van der Waals surface area contributed by atoms with Gasteiger partial charge >= 0.3 is 5.97 Å². The molecular weight excluding hydrogens is 473 g/mol. The number of Topliss-reactive ketones (excluding diaryl/α,β-unsaturated/α-hetero) is 1. The minimum absolute atomic E-state index is 0.0149. The van der Waals surface area contributed by atoms with Crippen LogP contribution in [-0.2, 0) is 14.3 Å². The maximum atomic E-state index is 13.6. The van der Waals surface area contributed by atoms with Gasteiger partial charge in [-0.15, -0.1) is 0 Å². The highest BCUT2D eigenvalue weighted by Gasteiger charge is 2.42. The lowest BCUT2D eigenvalue weighted by atomic mass is 9.71. The number of carbonyl (C=O) groups excluding carboxylic acids is 2. The summed E-state index contributed by atoms with van der Waals surface area (Å²) in [7, 11) is 1.63. The van der Waals surface area contributed by atoms with Crippen molar-refractivity contribution in [2.24, 2.45) is 0 Å². The first-order chi connectivity index (χ1) is 16.3. The Hall–Kier alpha value is -2.76. The maximum absolute atomic E-state index is 13.6. The number of dihydropyridines is 1. The number of benzene rings is 2. The molecule has 7 heteroatoms. The van der Waals surface area contributed by atoms with Gasteiger partial charge in [0.2, 0.25) is 0 Å². The molecule has 1 aliphatic carbocycles. The summed E-state index contributed by atoms with van der Waals surface area (Å²) in [6.07, 6.45) is 1.68. The summed E-state index contributed by atoms with van der Waals surface area (Å²) in [5, 5.41) is 4.25. The van der Waals surface area contributed by atoms with Crippen LogP contribution in [0.5, 0.6) is 5.75 Å². The number of ether oxygens (including phenoxy) is 2. The SMILES string of the molecule is CCCOC(=O)C1=C(C)NC2=C(C(=O)C[C@H](c3ccc(OC)cc3)C2)[C@H]1c1ccc(Cl)cc1Cl. The molecule has 0 unspecified atom stereocenters. The molecule has 2 atom stereocenters. The van der Waals surface area contributed by atoms with Gasteiger partial charge in [-0.25, -0.2) is 4.79 Å². The topological polar surface area (TPSA) is 64.6 Å². The fourth-order valence-electron chi connectivity index (χ4n) is 4.74. The van der Waals surface area contributed by atoms with Gasteiger partial charge in [-0.1, -0.05) is 48.3 Å². The van der Waals surface area contributed by atoms with Crippen LogP contribution in [0.2, 0.25) is 10.0 Å². The minimum atomic E-state index is -0.616. The highest BCUT2D eigenvalue weighted by molar-refractivity contribution is 6.35. The van der Waals surface area contributed by atoms with Crippen LogP contribution in [0.15, 0.2) is 65.0 Å². The second-order valence-corrected chi connectivity index (χ2v) is 9.44. The predicted molar refractivity (Wildman–Crippen MR) is 133 cm³/mol. The van der Waals surface area contributed by atoms with Gasteiger partial charge in [0.15, 0.2) is 5.78 Å². The zero-order valence-electron chi connectivity index (χ0n) is 19.4. The van der Waals surface area contributed by atoms with E-state index in [0.29, 0.717) is 58.3 Å². The molecule has 0 radical (unpaired) electrons. The molecule has 0 spiro atoms. The van der Waals surface area contributed by atoms with Gasteiger partial charge in [0.05, 0.1) is 19.3 Å². The Labute approximate surface area is 209 Å². The van der Waals surface area contributed by atoms with Crippen LogP contribution in [0.3, 0.4) is 0 Å². The Balaban J connectivity index is 1.78. The van der Waals surface area contributed by atoms with Crippen molar-refractivity contribution in [1.82, 2.24) is 5.32 Å². The average molecular weight is 500 g/mol. The van der Waals surface area contributed by atoms with E-state index in [0.717, 1.165) is 17.0 Å². The number of hydrogen-bond acceptors (Lipinski definition) is 5. The molecule has 1 N–H and O–H groups in total. The molecule has 1 aliphatic heterocycles. The fraction of sp³-hybridized carbons (Fsp3) is 0.333. The lowest BCUT2D eigenvalue weighted by Gasteiger charge is -2.37. The quantitative estimate of drug-likeness (QED) is 0.471. The molecule has 0 amide bonds. The summed E-state index contributed by atoms with van der Waals surface area (Å²) >= 11 is 12.7. The lowest BCUT2D eigenvalue weighted by molar-refractivity contribution is -0.139. The smallest absolute Gasteiger partial charge is 0.336 e. The summed E-state index contributed by atoms with van der Waals surface area (Å²) < 4.78 is 10.8. The van der Waals surface area contributed by atoms with Gasteiger partial charge in [-0.3, -0.25) is 4.79 Å². The van der Waals surface area contributed by atoms with Crippen molar-refractivity contribution in [3.8, 4) is 5.75 Å². The fourth-order valence-corrected chi connectivity index (χ4v) is 5.26. The van der Waals surface area contributed by atoms with Crippen molar-refractivity contribution >= 4 is 35.0 Å². The van der Waals surface area contributed by atoms with E-state index < -0.39 is 11.9 Å². The van der Waals surface area contributed by atoms with Crippen LogP contribution in [0.1, 0.15) is 56.1 Å². The van der Waals surface area contributed by atoms with E-state index in [-0.39, 0.29) is 11.7 Å². The molecule has 0 fully saturated rings. The Morgan fingerprint density at radius 3 is 2.50 bits per heavy atom. The Kier molecular flexibility index (Phi) is 7.34. The normalized spacial score (nSPS) is 20.1. The third-order valence-corrected chi connectivity index (χ3v) is 6.91. The van der Waals surface area contributed by atoms with Gasteiger partial charge < -0.3 is 14.8 Å². The standard InChI is InChI=1S/C27H27Cl2NO4/c1-4-11-34-27(32)24-15(2)30-22-12-17(16-5-8-19(33-3)9-6-16)13-23(31)26(22)25(24)20-10-7-18(28)14-21(20)29/h5-10,14,17,25,30H,4,11-13H2,1-3H3/t17-,25+/m1/s1. The molecule has 0 bridgehead atoms. The highest BCUT2D eigenvalue weighted by atomic mass is 35.5. The van der Waals surface area contributed by atoms with E-state index in [1.807, 2.05) is 38.1 Å². The monoisotopic (exact) mass is 499 g/mol. The van der Waals surface area contributed by atoms with Gasteiger partial charge in [-0.2, -0.15) is 0 Å². The first kappa shape index (κ1) is 24.4. The van der Waals surface area contributed by atoms with Gasteiger partial charge in [0.25, 0.3) is 0 Å². The second-order valence-electron chi connectivity index (χ2n) is 8.59. The molecule has 2 aromatic carbocycles. The first-order valence-corrected chi connectivity index (χ1v) is 12.1. The van der Waals surface area contributed by atoms with E-state index in [4.69, 9.17) is 32.7 Å². The molecule has 34 heavy (non-hydrogen) atoms. The molecule has 0 aromatic heterocycles. The number of methoxy groups -OCH3 is 1. The van der Waals surface area contributed by atoms with Gasteiger partial charge in [0, 0.05) is 39.4 Å². The summed E-state index contributed by atoms with van der Waals surface area (Å²) in [6, 6.07) is 12.9. The largest absolute Gasteiger partial charge is 0.497 e. The van der Waals surface area contributed by atoms with E-state index in [2.05, 4.69) is 5.32 Å². The van der Waals surface area contributed by atoms with Crippen molar-refractivity contribution in [3.05, 3.63) is 86.2 Å². The number of esters is 1. The van der Waals surface area contributed by atoms with E-state index in [1.54, 1.807) is 25.3 Å². The number of ketones is 1. The number of allylic oxidation sites excluding steroid dienone is 3. The molecule has 1 heterocycles. The van der Waals surface area contributed by atoms with Crippen molar-refractivity contribution < 1.29 is 19.1 Å². The predicted octanol–water partition coefficient (Wildman–Crippen LogP) is 6.32. The maximum Gasteiger partial charge on any atom is 0.336 e. The third kappa shape index (κ3) is 4.73. The summed E-state index contributed by atoms with van der Waals surface area (Å²) in [5.74, 6) is -0.284. The van der Waals surface area contributed by atoms with Crippen LogP contribution in [-0.4, -0.2) is 25.5 Å². The minimum Gasteiger partial charge on any atom is -0.497 e. The van der Waals surface area contributed by atoms with Crippen LogP contribution < -0.4 is 10.1 Å². The Morgan fingerprint density at radius 2 is 1.85 bits per heavy atom. The van der Waals surface area contributed by atoms with Gasteiger partial charge in [-0.05, 0) is 61.1 Å². The average Bonchev–Trinajstić information content (AvgIpc) is 2.81. The third-order valence-electron chi connectivity index (χ3n) is 6.35. The number of carbonyl (C=O) groups is 2. The van der Waals surface area contributed by atoms with Crippen molar-refractivity contribution in [1.29, 1.82) is 0 Å². The van der Waals surface area contributed by atoms with Crippen LogP contribution in [0.4, 0.5) is 0 Å². The molecule has 178 valence electrons. The van der Waals surface area contributed by atoms with Crippen LogP contribution >= 0.6 is 23.2 Å². The Bertz CT molecular complexity index is 1180. The van der Waals surface area contributed by atoms with E-state index >= 15 is 0 Å². The second kappa shape index (κ2) is 10.2. The van der Waals surface area contributed by atoms with E-state index in [9.17, 15) is 9.59 Å². The summed E-state index contributed by atoms with van der Waals surface area (Å²) in [5.41, 5.74) is 4.20. The Morgan fingerprint density at radius 1 is 1.12 bits per heavy atom. The molecule has 5 nitrogen and oxygen atoms in total. The molecule has 2 aromatic rings. The summed E-state index contributed by atoms with van der Waals surface area (Å²) in [4.78, 5) is 26.7.